The molecule has 2 heterocycles. The van der Waals surface area contributed by atoms with Crippen LogP contribution in [0.15, 0.2) is 42.7 Å². The van der Waals surface area contributed by atoms with E-state index < -0.39 is 0 Å². The molecule has 0 amide bonds. The molecular formula is C16H16ClN3. The van der Waals surface area contributed by atoms with Gasteiger partial charge in [-0.3, -0.25) is 4.98 Å². The summed E-state index contributed by atoms with van der Waals surface area (Å²) in [5.74, 6) is 1.62. The fourth-order valence-electron chi connectivity index (χ4n) is 2.46. The second-order valence-corrected chi connectivity index (χ2v) is 5.23. The summed E-state index contributed by atoms with van der Waals surface area (Å²) in [5, 5.41) is 0. The van der Waals surface area contributed by atoms with E-state index in [-0.39, 0.29) is 0 Å². The van der Waals surface area contributed by atoms with Gasteiger partial charge in [-0.1, -0.05) is 12.1 Å². The van der Waals surface area contributed by atoms with Crippen molar-refractivity contribution in [1.29, 1.82) is 0 Å². The molecule has 0 bridgehead atoms. The van der Waals surface area contributed by atoms with E-state index in [0.717, 1.165) is 24.3 Å². The summed E-state index contributed by atoms with van der Waals surface area (Å²) in [7, 11) is 0. The van der Waals surface area contributed by atoms with Gasteiger partial charge in [0.15, 0.2) is 0 Å². The van der Waals surface area contributed by atoms with Crippen molar-refractivity contribution in [3.63, 3.8) is 0 Å². The Balaban J connectivity index is 2.12. The van der Waals surface area contributed by atoms with E-state index in [4.69, 9.17) is 16.6 Å². The van der Waals surface area contributed by atoms with Crippen LogP contribution in [0.25, 0.3) is 11.0 Å². The molecule has 0 unspecified atom stereocenters. The van der Waals surface area contributed by atoms with E-state index in [2.05, 4.69) is 34.7 Å². The van der Waals surface area contributed by atoms with Crippen molar-refractivity contribution in [1.82, 2.24) is 14.5 Å². The minimum absolute atomic E-state index is 0.582. The molecule has 0 aliphatic carbocycles. The van der Waals surface area contributed by atoms with Crippen LogP contribution in [0.5, 0.6) is 0 Å². The SMILES string of the molecule is Cc1cccc2c1nc(CCCl)n2Cc1ccncc1. The van der Waals surface area contributed by atoms with E-state index in [1.807, 2.05) is 24.5 Å². The van der Waals surface area contributed by atoms with Gasteiger partial charge in [0.25, 0.3) is 0 Å². The van der Waals surface area contributed by atoms with E-state index in [9.17, 15) is 0 Å². The lowest BCUT2D eigenvalue weighted by atomic mass is 10.2. The number of pyridine rings is 1. The number of aromatic nitrogens is 3. The van der Waals surface area contributed by atoms with Crippen molar-refractivity contribution in [2.24, 2.45) is 0 Å². The van der Waals surface area contributed by atoms with Crippen molar-refractivity contribution in [2.45, 2.75) is 19.9 Å². The fourth-order valence-corrected chi connectivity index (χ4v) is 2.63. The van der Waals surface area contributed by atoms with Crippen LogP contribution in [0, 0.1) is 6.92 Å². The molecule has 20 heavy (non-hydrogen) atoms. The van der Waals surface area contributed by atoms with Crippen molar-refractivity contribution < 1.29 is 0 Å². The molecule has 2 aromatic heterocycles. The molecule has 0 N–H and O–H groups in total. The van der Waals surface area contributed by atoms with E-state index in [1.54, 1.807) is 0 Å². The van der Waals surface area contributed by atoms with Crippen LogP contribution >= 0.6 is 11.6 Å². The number of hydrogen-bond donors (Lipinski definition) is 0. The third kappa shape index (κ3) is 2.41. The highest BCUT2D eigenvalue weighted by molar-refractivity contribution is 6.17. The van der Waals surface area contributed by atoms with Crippen molar-refractivity contribution in [3.05, 3.63) is 59.7 Å². The zero-order valence-corrected chi connectivity index (χ0v) is 12.1. The maximum Gasteiger partial charge on any atom is 0.111 e. The van der Waals surface area contributed by atoms with Crippen LogP contribution in [0.2, 0.25) is 0 Å². The average Bonchev–Trinajstić information content (AvgIpc) is 2.81. The molecule has 3 rings (SSSR count). The fraction of sp³-hybridized carbons (Fsp3) is 0.250. The molecule has 0 saturated heterocycles. The largest absolute Gasteiger partial charge is 0.323 e. The summed E-state index contributed by atoms with van der Waals surface area (Å²) in [4.78, 5) is 8.82. The molecule has 0 aliphatic heterocycles. The first-order chi connectivity index (χ1) is 9.79. The average molecular weight is 286 g/mol. The Labute approximate surface area is 123 Å². The van der Waals surface area contributed by atoms with Crippen molar-refractivity contribution >= 4 is 22.6 Å². The molecule has 0 spiro atoms. The highest BCUT2D eigenvalue weighted by Crippen LogP contribution is 2.21. The van der Waals surface area contributed by atoms with Crippen LogP contribution in [0.4, 0.5) is 0 Å². The first-order valence-electron chi connectivity index (χ1n) is 6.69. The van der Waals surface area contributed by atoms with Gasteiger partial charge in [-0.25, -0.2) is 4.98 Å². The molecule has 4 heteroatoms. The quantitative estimate of drug-likeness (QED) is 0.686. The minimum Gasteiger partial charge on any atom is -0.323 e. The van der Waals surface area contributed by atoms with Crippen LogP contribution in [0.1, 0.15) is 17.0 Å². The number of nitrogens with zero attached hydrogens (tertiary/aromatic N) is 3. The normalized spacial score (nSPS) is 11.1. The van der Waals surface area contributed by atoms with Crippen LogP contribution in [0.3, 0.4) is 0 Å². The smallest absolute Gasteiger partial charge is 0.111 e. The second-order valence-electron chi connectivity index (χ2n) is 4.85. The lowest BCUT2D eigenvalue weighted by Gasteiger charge is -2.08. The van der Waals surface area contributed by atoms with E-state index >= 15 is 0 Å². The van der Waals surface area contributed by atoms with Crippen LogP contribution in [-0.2, 0) is 13.0 Å². The predicted octanol–water partition coefficient (Wildman–Crippen LogP) is 3.57. The highest BCUT2D eigenvalue weighted by atomic mass is 35.5. The van der Waals surface area contributed by atoms with Gasteiger partial charge in [-0.2, -0.15) is 0 Å². The van der Waals surface area contributed by atoms with Crippen LogP contribution < -0.4 is 0 Å². The number of halogens is 1. The van der Waals surface area contributed by atoms with Crippen molar-refractivity contribution in [2.75, 3.05) is 5.88 Å². The van der Waals surface area contributed by atoms with Gasteiger partial charge in [0, 0.05) is 31.2 Å². The predicted molar refractivity (Wildman–Crippen MR) is 82.2 cm³/mol. The summed E-state index contributed by atoms with van der Waals surface area (Å²) in [6.07, 6.45) is 4.42. The Morgan fingerprint density at radius 2 is 1.95 bits per heavy atom. The molecule has 1 aromatic carbocycles. The number of fused-ring (bicyclic) bond motifs is 1. The minimum atomic E-state index is 0.582. The second kappa shape index (κ2) is 5.63. The van der Waals surface area contributed by atoms with Gasteiger partial charge in [0.05, 0.1) is 11.0 Å². The maximum atomic E-state index is 5.92. The van der Waals surface area contributed by atoms with E-state index in [1.165, 1.54) is 16.6 Å². The summed E-state index contributed by atoms with van der Waals surface area (Å²) < 4.78 is 2.25. The highest BCUT2D eigenvalue weighted by Gasteiger charge is 2.11. The monoisotopic (exact) mass is 285 g/mol. The Kier molecular flexibility index (Phi) is 3.70. The molecule has 102 valence electrons. The lowest BCUT2D eigenvalue weighted by Crippen LogP contribution is -2.06. The number of imidazole rings is 1. The number of alkyl halides is 1. The van der Waals surface area contributed by atoms with Crippen molar-refractivity contribution in [3.8, 4) is 0 Å². The number of hydrogen-bond acceptors (Lipinski definition) is 2. The number of para-hydroxylation sites is 1. The molecular weight excluding hydrogens is 270 g/mol. The third-order valence-electron chi connectivity index (χ3n) is 3.47. The molecule has 3 nitrogen and oxygen atoms in total. The molecule has 3 aromatic rings. The standard InChI is InChI=1S/C16H16ClN3/c1-12-3-2-4-14-16(12)19-15(5-8-17)20(14)11-13-6-9-18-10-7-13/h2-4,6-7,9-10H,5,8,11H2,1H3. The zero-order valence-electron chi connectivity index (χ0n) is 11.4. The molecule has 0 radical (unpaired) electrons. The van der Waals surface area contributed by atoms with Gasteiger partial charge < -0.3 is 4.57 Å². The van der Waals surface area contributed by atoms with Gasteiger partial charge in [0.1, 0.15) is 5.82 Å². The summed E-state index contributed by atoms with van der Waals surface area (Å²) >= 11 is 5.92. The van der Waals surface area contributed by atoms with E-state index in [0.29, 0.717) is 5.88 Å². The first kappa shape index (κ1) is 13.1. The summed E-state index contributed by atoms with van der Waals surface area (Å²) in [5.41, 5.74) is 4.66. The summed E-state index contributed by atoms with van der Waals surface area (Å²) in [6, 6.07) is 10.4. The van der Waals surface area contributed by atoms with Gasteiger partial charge in [0.2, 0.25) is 0 Å². The van der Waals surface area contributed by atoms with Gasteiger partial charge >= 0.3 is 0 Å². The third-order valence-corrected chi connectivity index (χ3v) is 3.66. The Hall–Kier alpha value is -1.87. The summed E-state index contributed by atoms with van der Waals surface area (Å²) in [6.45, 7) is 2.89. The Morgan fingerprint density at radius 1 is 1.15 bits per heavy atom. The zero-order chi connectivity index (χ0) is 13.9. The van der Waals surface area contributed by atoms with Gasteiger partial charge in [-0.15, -0.1) is 11.6 Å². The molecule has 0 atom stereocenters. The van der Waals surface area contributed by atoms with Crippen LogP contribution in [-0.4, -0.2) is 20.4 Å². The molecule has 0 aliphatic rings. The Bertz CT molecular complexity index is 719. The number of benzene rings is 1. The maximum absolute atomic E-state index is 5.92. The molecule has 0 saturated carbocycles. The number of rotatable bonds is 4. The topological polar surface area (TPSA) is 30.7 Å². The lowest BCUT2D eigenvalue weighted by molar-refractivity contribution is 0.753. The molecule has 0 fully saturated rings. The van der Waals surface area contributed by atoms with Gasteiger partial charge in [-0.05, 0) is 36.2 Å². The first-order valence-corrected chi connectivity index (χ1v) is 7.22. The Morgan fingerprint density at radius 3 is 2.70 bits per heavy atom. The number of aryl methyl sites for hydroxylation is 2.